The smallest absolute Gasteiger partial charge is 0.335 e. The summed E-state index contributed by atoms with van der Waals surface area (Å²) < 4.78 is 10.8. The van der Waals surface area contributed by atoms with Crippen LogP contribution in [0.15, 0.2) is 72.3 Å². The Balaban J connectivity index is 1.58. The van der Waals surface area contributed by atoms with Gasteiger partial charge in [-0.25, -0.2) is 9.69 Å². The van der Waals surface area contributed by atoms with Crippen molar-refractivity contribution >= 4 is 58.5 Å². The molecule has 3 aromatic rings. The first-order chi connectivity index (χ1) is 18.7. The van der Waals surface area contributed by atoms with E-state index >= 15 is 0 Å². The number of nitro benzene ring substituents is 1. The number of ether oxygens (including phenoxy) is 2. The van der Waals surface area contributed by atoms with Crippen LogP contribution in [0, 0.1) is 10.1 Å². The molecule has 0 aliphatic carbocycles. The second-order valence-electron chi connectivity index (χ2n) is 7.95. The van der Waals surface area contributed by atoms with Gasteiger partial charge in [0.25, 0.3) is 23.4 Å². The molecule has 12 nitrogen and oxygen atoms in total. The molecule has 0 aromatic heterocycles. The van der Waals surface area contributed by atoms with Crippen molar-refractivity contribution in [2.24, 2.45) is 0 Å². The maximum Gasteiger partial charge on any atom is 0.335 e. The molecule has 1 aliphatic heterocycles. The summed E-state index contributed by atoms with van der Waals surface area (Å²) in [7, 11) is 1.47. The van der Waals surface area contributed by atoms with Crippen LogP contribution in [0.5, 0.6) is 11.5 Å². The number of barbiturate groups is 1. The lowest BCUT2D eigenvalue weighted by atomic mass is 10.1. The fraction of sp³-hybridized carbons (Fsp3) is 0.0769. The predicted octanol–water partition coefficient (Wildman–Crippen LogP) is 3.94. The summed E-state index contributed by atoms with van der Waals surface area (Å²) in [6.45, 7) is -0.427. The van der Waals surface area contributed by atoms with E-state index in [0.717, 1.165) is 12.1 Å². The first-order valence-electron chi connectivity index (χ1n) is 11.2. The highest BCUT2D eigenvalue weighted by molar-refractivity contribution is 6.39. The largest absolute Gasteiger partial charge is 0.495 e. The lowest BCUT2D eigenvalue weighted by Crippen LogP contribution is -2.54. The highest BCUT2D eigenvalue weighted by Gasteiger charge is 2.37. The molecule has 0 bridgehead atoms. The fourth-order valence-corrected chi connectivity index (χ4v) is 3.79. The molecule has 1 fully saturated rings. The fourth-order valence-electron chi connectivity index (χ4n) is 3.61. The Morgan fingerprint density at radius 2 is 1.79 bits per heavy atom. The van der Waals surface area contributed by atoms with Crippen LogP contribution in [0.4, 0.5) is 21.9 Å². The van der Waals surface area contributed by atoms with E-state index < -0.39 is 40.9 Å². The Morgan fingerprint density at radius 3 is 2.49 bits per heavy atom. The number of nitro groups is 1. The van der Waals surface area contributed by atoms with Gasteiger partial charge in [0.2, 0.25) is 0 Å². The summed E-state index contributed by atoms with van der Waals surface area (Å²) in [5, 5.41) is 15.9. The summed E-state index contributed by atoms with van der Waals surface area (Å²) in [5.74, 6) is -1.87. The SMILES string of the molecule is COc1ccccc1NC(=O)COc1ccc(Cl)cc1/C=C1/C(=O)NC(=O)N(c2ccc([N+](=O)[O-])cc2)C1=O. The van der Waals surface area contributed by atoms with Gasteiger partial charge >= 0.3 is 6.03 Å². The number of rotatable bonds is 8. The Morgan fingerprint density at radius 1 is 1.08 bits per heavy atom. The minimum Gasteiger partial charge on any atom is -0.495 e. The van der Waals surface area contributed by atoms with E-state index in [2.05, 4.69) is 10.6 Å². The molecule has 0 unspecified atom stereocenters. The lowest BCUT2D eigenvalue weighted by molar-refractivity contribution is -0.384. The van der Waals surface area contributed by atoms with E-state index in [-0.39, 0.29) is 27.7 Å². The molecule has 13 heteroatoms. The molecule has 0 saturated carbocycles. The third-order valence-electron chi connectivity index (χ3n) is 5.43. The zero-order valence-electron chi connectivity index (χ0n) is 20.2. The summed E-state index contributed by atoms with van der Waals surface area (Å²) >= 11 is 6.12. The standard InChI is InChI=1S/C26H19ClN4O8/c1-38-22-5-3-2-4-20(22)28-23(32)14-39-21-11-6-16(27)12-15(21)13-19-24(33)29-26(35)30(25(19)34)17-7-9-18(10-8-17)31(36)37/h2-13H,14H2,1H3,(H,28,32)(H,29,33,35)/b19-13-. The van der Waals surface area contributed by atoms with E-state index in [4.69, 9.17) is 21.1 Å². The molecular formula is C26H19ClN4O8. The van der Waals surface area contributed by atoms with Crippen molar-refractivity contribution in [3.63, 3.8) is 0 Å². The van der Waals surface area contributed by atoms with Crippen molar-refractivity contribution in [2.45, 2.75) is 0 Å². The summed E-state index contributed by atoms with van der Waals surface area (Å²) in [5.41, 5.74) is -0.0434. The molecule has 0 radical (unpaired) electrons. The van der Waals surface area contributed by atoms with Gasteiger partial charge in [-0.2, -0.15) is 0 Å². The summed E-state index contributed by atoms with van der Waals surface area (Å²) in [6, 6.07) is 14.8. The van der Waals surface area contributed by atoms with Crippen molar-refractivity contribution < 1.29 is 33.6 Å². The number of halogens is 1. The zero-order chi connectivity index (χ0) is 28.1. The normalized spacial score (nSPS) is 14.2. The number of carbonyl (C=O) groups is 4. The van der Waals surface area contributed by atoms with Gasteiger partial charge < -0.3 is 14.8 Å². The first-order valence-corrected chi connectivity index (χ1v) is 11.6. The molecule has 4 rings (SSSR count). The van der Waals surface area contributed by atoms with Crippen LogP contribution in [-0.4, -0.2) is 42.4 Å². The van der Waals surface area contributed by atoms with Crippen LogP contribution >= 0.6 is 11.6 Å². The number of methoxy groups -OCH3 is 1. The Hall–Kier alpha value is -5.23. The van der Waals surface area contributed by atoms with Crippen LogP contribution in [0.3, 0.4) is 0 Å². The van der Waals surface area contributed by atoms with Gasteiger partial charge in [0.05, 0.1) is 23.4 Å². The number of hydrogen-bond donors (Lipinski definition) is 2. The average molecular weight is 551 g/mol. The van der Waals surface area contributed by atoms with E-state index in [1.165, 1.54) is 43.5 Å². The average Bonchev–Trinajstić information content (AvgIpc) is 2.91. The van der Waals surface area contributed by atoms with E-state index in [1.54, 1.807) is 24.3 Å². The lowest BCUT2D eigenvalue weighted by Gasteiger charge is -2.26. The molecule has 0 atom stereocenters. The number of hydrogen-bond acceptors (Lipinski definition) is 8. The van der Waals surface area contributed by atoms with Gasteiger partial charge in [0.15, 0.2) is 6.61 Å². The Kier molecular flexibility index (Phi) is 7.87. The number of carbonyl (C=O) groups excluding carboxylic acids is 4. The Labute approximate surface area is 225 Å². The number of non-ortho nitro benzene ring substituents is 1. The molecule has 1 heterocycles. The van der Waals surface area contributed by atoms with Crippen molar-refractivity contribution in [2.75, 3.05) is 23.9 Å². The summed E-state index contributed by atoms with van der Waals surface area (Å²) in [6.07, 6.45) is 1.17. The maximum absolute atomic E-state index is 13.2. The minimum atomic E-state index is -1.02. The third kappa shape index (κ3) is 6.02. The minimum absolute atomic E-state index is 0.0112. The number of nitrogens with zero attached hydrogens (tertiary/aromatic N) is 2. The highest BCUT2D eigenvalue weighted by atomic mass is 35.5. The summed E-state index contributed by atoms with van der Waals surface area (Å²) in [4.78, 5) is 61.7. The number of urea groups is 1. The molecule has 198 valence electrons. The van der Waals surface area contributed by atoms with Gasteiger partial charge in [-0.3, -0.25) is 29.8 Å². The number of imide groups is 2. The van der Waals surface area contributed by atoms with Gasteiger partial charge in [-0.1, -0.05) is 23.7 Å². The molecule has 5 amide bonds. The van der Waals surface area contributed by atoms with Gasteiger partial charge in [0, 0.05) is 22.7 Å². The molecule has 1 saturated heterocycles. The van der Waals surface area contributed by atoms with Crippen molar-refractivity contribution in [3.8, 4) is 11.5 Å². The van der Waals surface area contributed by atoms with Crippen LogP contribution in [0.25, 0.3) is 6.08 Å². The number of nitrogens with one attached hydrogen (secondary N) is 2. The third-order valence-corrected chi connectivity index (χ3v) is 5.67. The van der Waals surface area contributed by atoms with Crippen molar-refractivity contribution in [1.29, 1.82) is 0 Å². The van der Waals surface area contributed by atoms with Crippen molar-refractivity contribution in [3.05, 3.63) is 93.0 Å². The van der Waals surface area contributed by atoms with E-state index in [9.17, 15) is 29.3 Å². The maximum atomic E-state index is 13.2. The number of benzene rings is 3. The highest BCUT2D eigenvalue weighted by Crippen LogP contribution is 2.29. The molecular weight excluding hydrogens is 532 g/mol. The van der Waals surface area contributed by atoms with E-state index in [0.29, 0.717) is 16.3 Å². The number of anilines is 2. The molecule has 2 N–H and O–H groups in total. The molecule has 3 aromatic carbocycles. The monoisotopic (exact) mass is 550 g/mol. The first kappa shape index (κ1) is 26.8. The van der Waals surface area contributed by atoms with Gasteiger partial charge in [-0.15, -0.1) is 0 Å². The van der Waals surface area contributed by atoms with E-state index in [1.807, 2.05) is 0 Å². The van der Waals surface area contributed by atoms with Gasteiger partial charge in [0.1, 0.15) is 17.1 Å². The second kappa shape index (κ2) is 11.4. The van der Waals surface area contributed by atoms with Crippen LogP contribution in [0.1, 0.15) is 5.56 Å². The van der Waals surface area contributed by atoms with Gasteiger partial charge in [-0.05, 0) is 48.5 Å². The quantitative estimate of drug-likeness (QED) is 0.185. The number of para-hydroxylation sites is 2. The van der Waals surface area contributed by atoms with Crippen LogP contribution in [-0.2, 0) is 14.4 Å². The Bertz CT molecular complexity index is 1520. The second-order valence-corrected chi connectivity index (χ2v) is 8.39. The topological polar surface area (TPSA) is 157 Å². The zero-order valence-corrected chi connectivity index (χ0v) is 20.9. The number of amides is 5. The van der Waals surface area contributed by atoms with Crippen LogP contribution < -0.4 is 25.0 Å². The van der Waals surface area contributed by atoms with Crippen LogP contribution in [0.2, 0.25) is 5.02 Å². The molecule has 39 heavy (non-hydrogen) atoms. The molecule has 0 spiro atoms. The predicted molar refractivity (Wildman–Crippen MR) is 141 cm³/mol. The molecule has 1 aliphatic rings. The van der Waals surface area contributed by atoms with Crippen molar-refractivity contribution in [1.82, 2.24) is 5.32 Å².